The predicted octanol–water partition coefficient (Wildman–Crippen LogP) is 2.19. The maximum Gasteiger partial charge on any atom is 0.332 e. The molecule has 0 aromatic rings. The van der Waals surface area contributed by atoms with E-state index in [0.717, 1.165) is 6.42 Å². The summed E-state index contributed by atoms with van der Waals surface area (Å²) in [5.41, 5.74) is 6.36. The van der Waals surface area contributed by atoms with Crippen LogP contribution in [-0.2, 0) is 8.85 Å². The van der Waals surface area contributed by atoms with Crippen molar-refractivity contribution >= 4 is 15.7 Å². The largest absolute Gasteiger partial charge is 0.396 e. The molecule has 0 saturated heterocycles. The molecule has 0 bridgehead atoms. The zero-order valence-electron chi connectivity index (χ0n) is 11.1. The molecule has 15 heavy (non-hydrogen) atoms. The molecule has 2 N–H and O–H groups in total. The molecular formula is C10H27NO2Si2. The standard InChI is InChI=1S/C10H27NO2Si2/c1-7-10(11)15(12-8-2,13-9-3)14(4,5)6/h10H,7-9,11H2,1-6H3. The first-order valence-corrected chi connectivity index (χ1v) is 12.3. The molecule has 0 aromatic carbocycles. The van der Waals surface area contributed by atoms with Gasteiger partial charge in [0.05, 0.1) is 0 Å². The van der Waals surface area contributed by atoms with Crippen molar-refractivity contribution in [2.75, 3.05) is 13.2 Å². The molecule has 0 spiro atoms. The Labute approximate surface area is 96.4 Å². The van der Waals surface area contributed by atoms with E-state index in [-0.39, 0.29) is 5.67 Å². The Bertz CT molecular complexity index is 177. The lowest BCUT2D eigenvalue weighted by molar-refractivity contribution is 0.190. The molecule has 0 fully saturated rings. The average molecular weight is 250 g/mol. The molecule has 0 heterocycles. The van der Waals surface area contributed by atoms with Crippen molar-refractivity contribution < 1.29 is 8.85 Å². The van der Waals surface area contributed by atoms with E-state index in [1.807, 2.05) is 13.8 Å². The summed E-state index contributed by atoms with van der Waals surface area (Å²) in [5.74, 6) is 0. The van der Waals surface area contributed by atoms with Crippen molar-refractivity contribution in [2.24, 2.45) is 5.73 Å². The quantitative estimate of drug-likeness (QED) is 0.704. The third-order valence-corrected chi connectivity index (χ3v) is 15.9. The number of hydrogen-bond acceptors (Lipinski definition) is 3. The molecule has 0 aliphatic carbocycles. The minimum Gasteiger partial charge on any atom is -0.396 e. The van der Waals surface area contributed by atoms with Crippen LogP contribution in [-0.4, -0.2) is 34.5 Å². The van der Waals surface area contributed by atoms with Crippen LogP contribution in [0, 0.1) is 0 Å². The Morgan fingerprint density at radius 2 is 1.40 bits per heavy atom. The number of hydrogen-bond donors (Lipinski definition) is 1. The molecule has 0 aromatic heterocycles. The molecule has 3 nitrogen and oxygen atoms in total. The summed E-state index contributed by atoms with van der Waals surface area (Å²) in [4.78, 5) is 0. The van der Waals surface area contributed by atoms with Crippen LogP contribution in [0.5, 0.6) is 0 Å². The fraction of sp³-hybridized carbons (Fsp3) is 1.00. The summed E-state index contributed by atoms with van der Waals surface area (Å²) in [7, 11) is -3.68. The van der Waals surface area contributed by atoms with E-state index in [2.05, 4.69) is 26.6 Å². The second-order valence-corrected chi connectivity index (χ2v) is 18.5. The van der Waals surface area contributed by atoms with Crippen molar-refractivity contribution in [3.63, 3.8) is 0 Å². The summed E-state index contributed by atoms with van der Waals surface area (Å²) < 4.78 is 12.1. The van der Waals surface area contributed by atoms with E-state index < -0.39 is 15.7 Å². The second-order valence-electron chi connectivity index (χ2n) is 4.80. The van der Waals surface area contributed by atoms with Gasteiger partial charge in [-0.25, -0.2) is 0 Å². The van der Waals surface area contributed by atoms with Crippen molar-refractivity contribution in [1.29, 1.82) is 0 Å². The van der Waals surface area contributed by atoms with Gasteiger partial charge in [-0.15, -0.1) is 0 Å². The third-order valence-electron chi connectivity index (χ3n) is 2.69. The first kappa shape index (κ1) is 15.3. The Kier molecular flexibility index (Phi) is 6.28. The van der Waals surface area contributed by atoms with Crippen LogP contribution in [0.2, 0.25) is 19.6 Å². The minimum absolute atomic E-state index is 0.101. The molecule has 0 rings (SSSR count). The molecule has 0 aliphatic heterocycles. The molecule has 92 valence electrons. The molecule has 1 atom stereocenters. The number of nitrogens with two attached hydrogens (primary N) is 1. The monoisotopic (exact) mass is 249 g/mol. The van der Waals surface area contributed by atoms with Crippen LogP contribution in [0.4, 0.5) is 0 Å². The smallest absolute Gasteiger partial charge is 0.332 e. The molecular weight excluding hydrogens is 222 g/mol. The van der Waals surface area contributed by atoms with Crippen LogP contribution >= 0.6 is 0 Å². The van der Waals surface area contributed by atoms with Gasteiger partial charge in [-0.05, 0) is 20.3 Å². The Morgan fingerprint density at radius 3 is 1.60 bits per heavy atom. The van der Waals surface area contributed by atoms with Crippen LogP contribution in [0.15, 0.2) is 0 Å². The zero-order valence-corrected chi connectivity index (χ0v) is 13.1. The maximum absolute atomic E-state index is 6.26. The molecule has 0 aliphatic rings. The lowest BCUT2D eigenvalue weighted by Gasteiger charge is -2.43. The predicted molar refractivity (Wildman–Crippen MR) is 70.6 cm³/mol. The second kappa shape index (κ2) is 6.15. The first-order valence-electron chi connectivity index (χ1n) is 5.89. The average Bonchev–Trinajstić information content (AvgIpc) is 2.14. The molecule has 0 saturated carbocycles. The van der Waals surface area contributed by atoms with Gasteiger partial charge in [0.1, 0.15) is 7.59 Å². The first-order chi connectivity index (χ1) is 6.85. The molecule has 0 radical (unpaired) electrons. The fourth-order valence-corrected chi connectivity index (χ4v) is 13.2. The number of rotatable bonds is 7. The van der Waals surface area contributed by atoms with Gasteiger partial charge in [0, 0.05) is 18.9 Å². The Balaban J connectivity index is 5.06. The van der Waals surface area contributed by atoms with Crippen LogP contribution in [0.1, 0.15) is 27.2 Å². The topological polar surface area (TPSA) is 44.5 Å². The SMILES string of the molecule is CCO[Si](OCC)(C(N)CC)[Si](C)(C)C. The molecule has 5 heteroatoms. The maximum atomic E-state index is 6.26. The van der Waals surface area contributed by atoms with Gasteiger partial charge < -0.3 is 14.6 Å². The highest BCUT2D eigenvalue weighted by Gasteiger charge is 2.54. The van der Waals surface area contributed by atoms with Gasteiger partial charge >= 0.3 is 8.08 Å². The Morgan fingerprint density at radius 1 is 1.00 bits per heavy atom. The van der Waals surface area contributed by atoms with Gasteiger partial charge in [0.15, 0.2) is 0 Å². The third kappa shape index (κ3) is 3.39. The van der Waals surface area contributed by atoms with Gasteiger partial charge in [-0.1, -0.05) is 26.6 Å². The fourth-order valence-electron chi connectivity index (χ4n) is 1.94. The summed E-state index contributed by atoms with van der Waals surface area (Å²) >= 11 is 0. The normalized spacial score (nSPS) is 15.4. The summed E-state index contributed by atoms with van der Waals surface area (Å²) in [6, 6.07) is 0. The highest BCUT2D eigenvalue weighted by Crippen LogP contribution is 2.25. The van der Waals surface area contributed by atoms with Crippen molar-refractivity contribution in [3.8, 4) is 0 Å². The van der Waals surface area contributed by atoms with Gasteiger partial charge in [-0.2, -0.15) is 0 Å². The van der Waals surface area contributed by atoms with E-state index in [1.165, 1.54) is 0 Å². The van der Waals surface area contributed by atoms with Gasteiger partial charge in [-0.3, -0.25) is 0 Å². The van der Waals surface area contributed by atoms with E-state index in [1.54, 1.807) is 0 Å². The summed E-state index contributed by atoms with van der Waals surface area (Å²) in [6.45, 7) is 14.5. The highest BCUT2D eigenvalue weighted by atomic mass is 29.3. The summed E-state index contributed by atoms with van der Waals surface area (Å²) in [5, 5.41) is 0. The highest BCUT2D eigenvalue weighted by molar-refractivity contribution is 7.36. The van der Waals surface area contributed by atoms with Gasteiger partial charge in [0.25, 0.3) is 0 Å². The van der Waals surface area contributed by atoms with Crippen molar-refractivity contribution in [3.05, 3.63) is 0 Å². The van der Waals surface area contributed by atoms with Crippen LogP contribution in [0.25, 0.3) is 0 Å². The molecule has 0 amide bonds. The Hall–Kier alpha value is 0.314. The van der Waals surface area contributed by atoms with E-state index in [4.69, 9.17) is 14.6 Å². The van der Waals surface area contributed by atoms with E-state index in [0.29, 0.717) is 13.2 Å². The minimum atomic E-state index is -2.18. The van der Waals surface area contributed by atoms with Crippen LogP contribution < -0.4 is 5.73 Å². The van der Waals surface area contributed by atoms with E-state index >= 15 is 0 Å². The summed E-state index contributed by atoms with van der Waals surface area (Å²) in [6.07, 6.45) is 0.941. The van der Waals surface area contributed by atoms with Gasteiger partial charge in [0.2, 0.25) is 0 Å². The van der Waals surface area contributed by atoms with E-state index in [9.17, 15) is 0 Å². The van der Waals surface area contributed by atoms with Crippen molar-refractivity contribution in [1.82, 2.24) is 0 Å². The molecule has 1 unspecified atom stereocenters. The lowest BCUT2D eigenvalue weighted by Crippen LogP contribution is -2.71. The zero-order chi connectivity index (χ0) is 12.1. The lowest BCUT2D eigenvalue weighted by atomic mass is 10.5. The van der Waals surface area contributed by atoms with Crippen LogP contribution in [0.3, 0.4) is 0 Å². The van der Waals surface area contributed by atoms with Crippen molar-refractivity contribution in [2.45, 2.75) is 52.5 Å².